The second-order valence-electron chi connectivity index (χ2n) is 2.69. The maximum Gasteiger partial charge on any atom is 0.411 e. The van der Waals surface area contributed by atoms with Gasteiger partial charge in [-0.05, 0) is 6.92 Å². The highest BCUT2D eigenvalue weighted by Gasteiger charge is 2.18. The molecule has 1 atom stereocenters. The van der Waals surface area contributed by atoms with Gasteiger partial charge in [-0.2, -0.15) is 0 Å². The Morgan fingerprint density at radius 3 is 2.67 bits per heavy atom. The first-order chi connectivity index (χ1) is 5.70. The van der Waals surface area contributed by atoms with E-state index in [9.17, 15) is 4.79 Å². The van der Waals surface area contributed by atoms with Gasteiger partial charge >= 0.3 is 6.09 Å². The first-order valence-corrected chi connectivity index (χ1v) is 3.99. The molecule has 12 heavy (non-hydrogen) atoms. The lowest BCUT2D eigenvalue weighted by molar-refractivity contribution is 0.0165. The smallest absolute Gasteiger partial charge is 0.411 e. The van der Waals surface area contributed by atoms with Crippen LogP contribution in [-0.4, -0.2) is 43.5 Å². The number of nitrogens with zero attached hydrogens (tertiary/aromatic N) is 1. The molecular weight excluding hydrogens is 160 g/mol. The van der Waals surface area contributed by atoms with Crippen LogP contribution in [0.25, 0.3) is 0 Å². The van der Waals surface area contributed by atoms with E-state index in [1.54, 1.807) is 11.8 Å². The van der Waals surface area contributed by atoms with Crippen LogP contribution in [0.3, 0.4) is 0 Å². The fourth-order valence-electron chi connectivity index (χ4n) is 0.979. The molecule has 0 aromatic carbocycles. The van der Waals surface area contributed by atoms with Crippen molar-refractivity contribution in [2.24, 2.45) is 5.73 Å². The molecule has 1 heterocycles. The van der Waals surface area contributed by atoms with Crippen molar-refractivity contribution in [2.45, 2.75) is 13.2 Å². The quantitative estimate of drug-likeness (QED) is 0.557. The Balaban J connectivity index is 2.30. The van der Waals surface area contributed by atoms with E-state index in [0.29, 0.717) is 26.3 Å². The Bertz CT molecular complexity index is 155. The lowest BCUT2D eigenvalue weighted by Crippen LogP contribution is -2.43. The van der Waals surface area contributed by atoms with Crippen LogP contribution in [0.1, 0.15) is 6.92 Å². The number of rotatable bonds is 1. The van der Waals surface area contributed by atoms with Gasteiger partial charge in [-0.1, -0.05) is 0 Å². The Kier molecular flexibility index (Phi) is 3.31. The molecule has 1 aliphatic rings. The fraction of sp³-hybridized carbons (Fsp3) is 0.857. The third kappa shape index (κ3) is 2.67. The lowest BCUT2D eigenvalue weighted by atomic mass is 10.4. The van der Waals surface area contributed by atoms with Crippen LogP contribution >= 0.6 is 0 Å². The number of morpholine rings is 1. The van der Waals surface area contributed by atoms with Crippen LogP contribution in [0, 0.1) is 0 Å². The maximum absolute atomic E-state index is 11.2. The summed E-state index contributed by atoms with van der Waals surface area (Å²) in [5.74, 6) is 0. The van der Waals surface area contributed by atoms with E-state index in [1.807, 2.05) is 0 Å². The van der Waals surface area contributed by atoms with E-state index >= 15 is 0 Å². The number of ether oxygens (including phenoxy) is 2. The molecule has 0 saturated carbocycles. The van der Waals surface area contributed by atoms with Crippen molar-refractivity contribution in [1.82, 2.24) is 4.90 Å². The van der Waals surface area contributed by atoms with E-state index in [1.165, 1.54) is 0 Å². The summed E-state index contributed by atoms with van der Waals surface area (Å²) >= 11 is 0. The fourth-order valence-corrected chi connectivity index (χ4v) is 0.979. The van der Waals surface area contributed by atoms with E-state index in [0.717, 1.165) is 0 Å². The Hall–Kier alpha value is -0.810. The number of hydrogen-bond acceptors (Lipinski definition) is 4. The molecular formula is C7H14N2O3. The molecule has 0 aromatic heterocycles. The van der Waals surface area contributed by atoms with Crippen LogP contribution in [-0.2, 0) is 9.47 Å². The zero-order valence-electron chi connectivity index (χ0n) is 7.16. The average molecular weight is 174 g/mol. The minimum absolute atomic E-state index is 0.353. The largest absolute Gasteiger partial charge is 0.431 e. The predicted octanol–water partition coefficient (Wildman–Crippen LogP) is -0.240. The van der Waals surface area contributed by atoms with Crippen molar-refractivity contribution < 1.29 is 14.3 Å². The van der Waals surface area contributed by atoms with Crippen molar-refractivity contribution in [3.63, 3.8) is 0 Å². The molecule has 0 radical (unpaired) electrons. The van der Waals surface area contributed by atoms with Gasteiger partial charge < -0.3 is 14.4 Å². The second-order valence-corrected chi connectivity index (χ2v) is 2.69. The summed E-state index contributed by atoms with van der Waals surface area (Å²) in [6, 6.07) is 0. The Morgan fingerprint density at radius 2 is 2.17 bits per heavy atom. The van der Waals surface area contributed by atoms with Gasteiger partial charge in [0.25, 0.3) is 0 Å². The van der Waals surface area contributed by atoms with Gasteiger partial charge in [-0.25, -0.2) is 4.79 Å². The minimum atomic E-state index is -0.541. The number of hydrogen-bond donors (Lipinski definition) is 1. The highest BCUT2D eigenvalue weighted by Crippen LogP contribution is 2.00. The van der Waals surface area contributed by atoms with Gasteiger partial charge in [-0.15, -0.1) is 0 Å². The van der Waals surface area contributed by atoms with Gasteiger partial charge in [0.1, 0.15) is 6.23 Å². The summed E-state index contributed by atoms with van der Waals surface area (Å²) in [5, 5.41) is 0. The minimum Gasteiger partial charge on any atom is -0.431 e. The summed E-state index contributed by atoms with van der Waals surface area (Å²) in [5.41, 5.74) is 5.30. The highest BCUT2D eigenvalue weighted by atomic mass is 16.6. The Morgan fingerprint density at radius 1 is 1.58 bits per heavy atom. The number of amides is 1. The second kappa shape index (κ2) is 4.27. The molecule has 1 aliphatic heterocycles. The number of carbonyl (C=O) groups excluding carboxylic acids is 1. The van der Waals surface area contributed by atoms with Gasteiger partial charge in [0.15, 0.2) is 0 Å². The van der Waals surface area contributed by atoms with Crippen LogP contribution < -0.4 is 5.73 Å². The molecule has 0 aliphatic carbocycles. The van der Waals surface area contributed by atoms with E-state index in [2.05, 4.69) is 0 Å². The summed E-state index contributed by atoms with van der Waals surface area (Å²) in [7, 11) is 0. The molecule has 5 heteroatoms. The third-order valence-electron chi connectivity index (χ3n) is 1.56. The third-order valence-corrected chi connectivity index (χ3v) is 1.56. The Labute approximate surface area is 71.4 Å². The molecule has 1 fully saturated rings. The van der Waals surface area contributed by atoms with Crippen LogP contribution in [0.4, 0.5) is 4.79 Å². The first-order valence-electron chi connectivity index (χ1n) is 3.99. The summed E-state index contributed by atoms with van der Waals surface area (Å²) in [6.45, 7) is 3.96. The van der Waals surface area contributed by atoms with Gasteiger partial charge in [-0.3, -0.25) is 5.73 Å². The molecule has 1 amide bonds. The van der Waals surface area contributed by atoms with Crippen LogP contribution in [0.5, 0.6) is 0 Å². The molecule has 0 unspecified atom stereocenters. The van der Waals surface area contributed by atoms with Gasteiger partial charge in [0, 0.05) is 13.1 Å². The first kappa shape index (κ1) is 9.28. The van der Waals surface area contributed by atoms with E-state index in [-0.39, 0.29) is 6.09 Å². The lowest BCUT2D eigenvalue weighted by Gasteiger charge is -2.26. The maximum atomic E-state index is 11.2. The van der Waals surface area contributed by atoms with Crippen LogP contribution in [0.15, 0.2) is 0 Å². The molecule has 0 bridgehead atoms. The number of nitrogens with two attached hydrogens (primary N) is 1. The number of carbonyl (C=O) groups is 1. The molecule has 0 aromatic rings. The normalized spacial score (nSPS) is 20.3. The molecule has 1 saturated heterocycles. The van der Waals surface area contributed by atoms with E-state index in [4.69, 9.17) is 15.2 Å². The van der Waals surface area contributed by atoms with Crippen molar-refractivity contribution in [2.75, 3.05) is 26.3 Å². The molecule has 70 valence electrons. The monoisotopic (exact) mass is 174 g/mol. The van der Waals surface area contributed by atoms with Gasteiger partial charge in [0.05, 0.1) is 13.2 Å². The van der Waals surface area contributed by atoms with Crippen LogP contribution in [0.2, 0.25) is 0 Å². The van der Waals surface area contributed by atoms with Gasteiger partial charge in [0.2, 0.25) is 0 Å². The summed E-state index contributed by atoms with van der Waals surface area (Å²) in [6.07, 6.45) is -0.895. The summed E-state index contributed by atoms with van der Waals surface area (Å²) < 4.78 is 9.87. The molecule has 0 spiro atoms. The SMILES string of the molecule is C[C@@H](N)OC(=O)N1CCOCC1. The molecule has 1 rings (SSSR count). The van der Waals surface area contributed by atoms with E-state index < -0.39 is 6.23 Å². The van der Waals surface area contributed by atoms with Crippen molar-refractivity contribution in [3.05, 3.63) is 0 Å². The topological polar surface area (TPSA) is 64.8 Å². The van der Waals surface area contributed by atoms with Crippen molar-refractivity contribution in [3.8, 4) is 0 Å². The standard InChI is InChI=1S/C7H14N2O3/c1-6(8)12-7(10)9-2-4-11-5-3-9/h6H,2-5,8H2,1H3/t6-/m0/s1. The highest BCUT2D eigenvalue weighted by molar-refractivity contribution is 5.67. The zero-order valence-corrected chi connectivity index (χ0v) is 7.16. The van der Waals surface area contributed by atoms with Crippen molar-refractivity contribution >= 4 is 6.09 Å². The molecule has 2 N–H and O–H groups in total. The average Bonchev–Trinajstić information content (AvgIpc) is 2.05. The van der Waals surface area contributed by atoms with Crippen molar-refractivity contribution in [1.29, 1.82) is 0 Å². The zero-order chi connectivity index (χ0) is 8.97. The predicted molar refractivity (Wildman–Crippen MR) is 42.5 cm³/mol. The molecule has 5 nitrogen and oxygen atoms in total. The summed E-state index contributed by atoms with van der Waals surface area (Å²) in [4.78, 5) is 12.8.